The Balaban J connectivity index is 0.00000147. The number of fused-ring (bicyclic) bond motifs is 2. The van der Waals surface area contributed by atoms with Crippen LogP contribution in [0.4, 0.5) is 0 Å². The van der Waals surface area contributed by atoms with Crippen molar-refractivity contribution >= 4 is 18.4 Å². The van der Waals surface area contributed by atoms with Gasteiger partial charge in [0.15, 0.2) is 0 Å². The molecule has 2 aliphatic rings. The first-order valence-corrected chi connectivity index (χ1v) is 6.98. The lowest BCUT2D eigenvalue weighted by Crippen LogP contribution is -2.52. The molecule has 1 aliphatic heterocycles. The maximum Gasteiger partial charge on any atom is 0.316 e. The van der Waals surface area contributed by atoms with E-state index in [2.05, 4.69) is 5.32 Å². The number of esters is 1. The van der Waals surface area contributed by atoms with Gasteiger partial charge in [-0.25, -0.2) is 0 Å². The third-order valence-electron chi connectivity index (χ3n) is 4.28. The van der Waals surface area contributed by atoms with Gasteiger partial charge in [-0.05, 0) is 56.0 Å². The summed E-state index contributed by atoms with van der Waals surface area (Å²) in [6, 6.07) is 6.58. The summed E-state index contributed by atoms with van der Waals surface area (Å²) in [7, 11) is 0. The summed E-state index contributed by atoms with van der Waals surface area (Å²) < 4.78 is 5.46. The van der Waals surface area contributed by atoms with Crippen molar-refractivity contribution in [3.63, 3.8) is 0 Å². The van der Waals surface area contributed by atoms with E-state index < -0.39 is 0 Å². The first kappa shape index (κ1) is 15.1. The van der Waals surface area contributed by atoms with Crippen LogP contribution >= 0.6 is 12.4 Å². The van der Waals surface area contributed by atoms with Gasteiger partial charge in [0.1, 0.15) is 11.5 Å². The Labute approximate surface area is 124 Å². The summed E-state index contributed by atoms with van der Waals surface area (Å²) in [6.45, 7) is 1.01. The van der Waals surface area contributed by atoms with Crippen LogP contribution in [0.3, 0.4) is 0 Å². The van der Waals surface area contributed by atoms with E-state index in [4.69, 9.17) is 4.74 Å². The summed E-state index contributed by atoms with van der Waals surface area (Å²) in [5.74, 6) is 0.996. The molecular weight excluding hydrogens is 278 g/mol. The highest BCUT2D eigenvalue weighted by Crippen LogP contribution is 2.36. The van der Waals surface area contributed by atoms with Crippen LogP contribution in [0.2, 0.25) is 0 Å². The van der Waals surface area contributed by atoms with E-state index in [1.807, 2.05) is 0 Å². The molecule has 2 fully saturated rings. The zero-order valence-corrected chi connectivity index (χ0v) is 12.1. The number of hydrogen-bond donors (Lipinski definition) is 2. The second-order valence-electron chi connectivity index (χ2n) is 5.48. The third kappa shape index (κ3) is 3.07. The Kier molecular flexibility index (Phi) is 4.89. The summed E-state index contributed by atoms with van der Waals surface area (Å²) in [4.78, 5) is 12.3. The molecule has 110 valence electrons. The predicted molar refractivity (Wildman–Crippen MR) is 78.2 cm³/mol. The molecule has 4 nitrogen and oxygen atoms in total. The smallest absolute Gasteiger partial charge is 0.316 e. The van der Waals surface area contributed by atoms with E-state index in [9.17, 15) is 9.90 Å². The number of aromatic hydroxyl groups is 1. The Bertz CT molecular complexity index is 441. The summed E-state index contributed by atoms with van der Waals surface area (Å²) >= 11 is 0. The van der Waals surface area contributed by atoms with Gasteiger partial charge in [-0.1, -0.05) is 6.42 Å². The average molecular weight is 298 g/mol. The highest BCUT2D eigenvalue weighted by Gasteiger charge is 2.41. The highest BCUT2D eigenvalue weighted by atomic mass is 35.5. The van der Waals surface area contributed by atoms with Crippen molar-refractivity contribution in [1.82, 2.24) is 5.32 Å². The SMILES string of the molecule is Cl.O=C(Oc1ccc(O)cc1)[C@@H]1[C@@H]2CCC[C@H]1NCC2. The number of halogens is 1. The van der Waals surface area contributed by atoms with Crippen molar-refractivity contribution in [3.8, 4) is 11.5 Å². The molecule has 1 aromatic carbocycles. The van der Waals surface area contributed by atoms with Crippen LogP contribution < -0.4 is 10.1 Å². The van der Waals surface area contributed by atoms with Crippen LogP contribution in [0.5, 0.6) is 11.5 Å². The maximum absolute atomic E-state index is 12.3. The van der Waals surface area contributed by atoms with Gasteiger partial charge in [0, 0.05) is 6.04 Å². The van der Waals surface area contributed by atoms with Crippen molar-refractivity contribution in [1.29, 1.82) is 0 Å². The number of piperidine rings is 1. The van der Waals surface area contributed by atoms with Crippen LogP contribution in [0, 0.1) is 11.8 Å². The molecule has 0 radical (unpaired) electrons. The van der Waals surface area contributed by atoms with Crippen LogP contribution in [0.1, 0.15) is 25.7 Å². The lowest BCUT2D eigenvalue weighted by Gasteiger charge is -2.41. The van der Waals surface area contributed by atoms with Gasteiger partial charge in [-0.15, -0.1) is 12.4 Å². The predicted octanol–water partition coefficient (Wildman–Crippen LogP) is 2.50. The standard InChI is InChI=1S/C15H19NO3.ClH/c17-11-4-6-12(7-5-11)19-15(18)14-10-2-1-3-13(14)16-9-8-10;/h4-7,10,13-14,16-17H,1-3,8-9H2;1H/t10-,13-,14-;/m1./s1. The molecule has 2 N–H and O–H groups in total. The first-order valence-electron chi connectivity index (χ1n) is 6.98. The number of benzene rings is 1. The molecule has 0 aromatic heterocycles. The summed E-state index contributed by atoms with van der Waals surface area (Å²) in [6.07, 6.45) is 4.45. The topological polar surface area (TPSA) is 58.6 Å². The van der Waals surface area contributed by atoms with Crippen LogP contribution in [0.25, 0.3) is 0 Å². The van der Waals surface area contributed by atoms with Gasteiger partial charge in [-0.2, -0.15) is 0 Å². The van der Waals surface area contributed by atoms with Gasteiger partial charge in [0.05, 0.1) is 5.92 Å². The van der Waals surface area contributed by atoms with E-state index in [1.165, 1.54) is 18.6 Å². The second-order valence-corrected chi connectivity index (χ2v) is 5.48. The minimum atomic E-state index is -0.132. The molecular formula is C15H20ClNO3. The normalized spacial score (nSPS) is 28.3. The molecule has 1 saturated heterocycles. The second kappa shape index (κ2) is 6.46. The fraction of sp³-hybridized carbons (Fsp3) is 0.533. The minimum Gasteiger partial charge on any atom is -0.508 e. The lowest BCUT2D eigenvalue weighted by atomic mass is 9.72. The molecule has 20 heavy (non-hydrogen) atoms. The van der Waals surface area contributed by atoms with E-state index in [1.54, 1.807) is 12.1 Å². The fourth-order valence-corrected chi connectivity index (χ4v) is 3.35. The Morgan fingerprint density at radius 1 is 1.20 bits per heavy atom. The number of carbonyl (C=O) groups is 1. The number of hydrogen-bond acceptors (Lipinski definition) is 4. The first-order chi connectivity index (χ1) is 9.24. The maximum atomic E-state index is 12.3. The summed E-state index contributed by atoms with van der Waals surface area (Å²) in [5, 5.41) is 12.7. The number of phenols is 1. The number of nitrogens with one attached hydrogen (secondary N) is 1. The van der Waals surface area contributed by atoms with Gasteiger partial charge in [-0.3, -0.25) is 4.79 Å². The van der Waals surface area contributed by atoms with Crippen LogP contribution in [0.15, 0.2) is 24.3 Å². The molecule has 0 unspecified atom stereocenters. The number of rotatable bonds is 2. The average Bonchev–Trinajstić information content (AvgIpc) is 2.40. The largest absolute Gasteiger partial charge is 0.508 e. The lowest BCUT2D eigenvalue weighted by molar-refractivity contribution is -0.144. The molecule has 1 heterocycles. The Morgan fingerprint density at radius 3 is 2.65 bits per heavy atom. The van der Waals surface area contributed by atoms with Gasteiger partial charge >= 0.3 is 5.97 Å². The third-order valence-corrected chi connectivity index (χ3v) is 4.28. The molecule has 1 aromatic rings. The van der Waals surface area contributed by atoms with E-state index in [0.717, 1.165) is 25.8 Å². The number of phenolic OH excluding ortho intramolecular Hbond substituents is 1. The zero-order chi connectivity index (χ0) is 13.2. The van der Waals surface area contributed by atoms with E-state index >= 15 is 0 Å². The molecule has 3 atom stereocenters. The van der Waals surface area contributed by atoms with Crippen LogP contribution in [-0.2, 0) is 4.79 Å². The Hall–Kier alpha value is -1.26. The van der Waals surface area contributed by atoms with Crippen molar-refractivity contribution < 1.29 is 14.6 Å². The monoisotopic (exact) mass is 297 g/mol. The molecule has 1 aliphatic carbocycles. The number of carbonyl (C=O) groups excluding carboxylic acids is 1. The van der Waals surface area contributed by atoms with E-state index in [-0.39, 0.29) is 36.1 Å². The minimum absolute atomic E-state index is 0. The van der Waals surface area contributed by atoms with Crippen molar-refractivity contribution in [2.75, 3.05) is 6.54 Å². The molecule has 0 amide bonds. The van der Waals surface area contributed by atoms with Crippen molar-refractivity contribution in [2.24, 2.45) is 11.8 Å². The zero-order valence-electron chi connectivity index (χ0n) is 11.2. The molecule has 2 bridgehead atoms. The van der Waals surface area contributed by atoms with Crippen LogP contribution in [-0.4, -0.2) is 23.7 Å². The van der Waals surface area contributed by atoms with Gasteiger partial charge < -0.3 is 15.2 Å². The fourth-order valence-electron chi connectivity index (χ4n) is 3.35. The molecule has 3 rings (SSSR count). The van der Waals surface area contributed by atoms with Gasteiger partial charge in [0.2, 0.25) is 0 Å². The highest BCUT2D eigenvalue weighted by molar-refractivity contribution is 5.85. The van der Waals surface area contributed by atoms with Crippen molar-refractivity contribution in [2.45, 2.75) is 31.7 Å². The molecule has 0 spiro atoms. The summed E-state index contributed by atoms with van der Waals surface area (Å²) in [5.41, 5.74) is 0. The van der Waals surface area contributed by atoms with Gasteiger partial charge in [0.25, 0.3) is 0 Å². The number of ether oxygens (including phenoxy) is 1. The molecule has 1 saturated carbocycles. The van der Waals surface area contributed by atoms with Crippen molar-refractivity contribution in [3.05, 3.63) is 24.3 Å². The quantitative estimate of drug-likeness (QED) is 0.650. The van der Waals surface area contributed by atoms with E-state index in [0.29, 0.717) is 11.7 Å². The molecule has 5 heteroatoms. The Morgan fingerprint density at radius 2 is 1.95 bits per heavy atom.